The summed E-state index contributed by atoms with van der Waals surface area (Å²) in [6.07, 6.45) is 6.72. The van der Waals surface area contributed by atoms with Gasteiger partial charge in [-0.2, -0.15) is 0 Å². The van der Waals surface area contributed by atoms with Crippen LogP contribution in [0.4, 0.5) is 0 Å². The fourth-order valence-electron chi connectivity index (χ4n) is 2.94. The average Bonchev–Trinajstić information content (AvgIpc) is 3.10. The number of amides is 1. The molecule has 0 spiro atoms. The summed E-state index contributed by atoms with van der Waals surface area (Å²) in [5.74, 6) is 1.02. The van der Waals surface area contributed by atoms with Crippen molar-refractivity contribution in [2.45, 2.75) is 25.3 Å². The summed E-state index contributed by atoms with van der Waals surface area (Å²) in [6, 6.07) is 14.3. The van der Waals surface area contributed by atoms with Gasteiger partial charge in [-0.05, 0) is 37.1 Å². The molecule has 1 saturated heterocycles. The number of ether oxygens (including phenoxy) is 1. The number of carbonyl (C=O) groups is 1. The molecule has 1 amide bonds. The second kappa shape index (κ2) is 7.16. The van der Waals surface area contributed by atoms with E-state index in [1.54, 1.807) is 0 Å². The maximum absolute atomic E-state index is 12.2. The fraction of sp³-hybridized carbons (Fsp3) is 0.389. The van der Waals surface area contributed by atoms with Gasteiger partial charge in [0.1, 0.15) is 5.75 Å². The van der Waals surface area contributed by atoms with E-state index in [0.717, 1.165) is 31.7 Å². The molecule has 1 aliphatic rings. The van der Waals surface area contributed by atoms with Crippen LogP contribution in [0, 0.1) is 0 Å². The van der Waals surface area contributed by atoms with Crippen LogP contribution in [-0.4, -0.2) is 35.1 Å². The first kappa shape index (κ1) is 14.7. The Balaban J connectivity index is 1.40. The molecule has 2 aromatic rings. The first-order chi connectivity index (χ1) is 10.8. The van der Waals surface area contributed by atoms with Gasteiger partial charge in [0.2, 0.25) is 5.91 Å². The van der Waals surface area contributed by atoms with E-state index in [1.807, 2.05) is 35.2 Å². The summed E-state index contributed by atoms with van der Waals surface area (Å²) in [7, 11) is 0. The monoisotopic (exact) mass is 298 g/mol. The normalized spacial score (nSPS) is 15.7. The molecule has 4 heteroatoms. The second-order valence-corrected chi connectivity index (χ2v) is 5.65. The van der Waals surface area contributed by atoms with Crippen LogP contribution in [0.5, 0.6) is 5.75 Å². The number of piperidine rings is 1. The van der Waals surface area contributed by atoms with Gasteiger partial charge >= 0.3 is 0 Å². The SMILES string of the molecule is O=C(CCOc1ccccc1)N1CCC(n2cccc2)CC1. The number of hydrogen-bond acceptors (Lipinski definition) is 2. The van der Waals surface area contributed by atoms with Crippen LogP contribution in [0.1, 0.15) is 25.3 Å². The Kier molecular flexibility index (Phi) is 4.78. The lowest BCUT2D eigenvalue weighted by Gasteiger charge is -2.32. The van der Waals surface area contributed by atoms with E-state index < -0.39 is 0 Å². The van der Waals surface area contributed by atoms with Crippen molar-refractivity contribution in [2.24, 2.45) is 0 Å². The van der Waals surface area contributed by atoms with Gasteiger partial charge in [-0.3, -0.25) is 4.79 Å². The lowest BCUT2D eigenvalue weighted by molar-refractivity contribution is -0.133. The highest BCUT2D eigenvalue weighted by molar-refractivity contribution is 5.76. The highest BCUT2D eigenvalue weighted by Gasteiger charge is 2.23. The third kappa shape index (κ3) is 3.70. The van der Waals surface area contributed by atoms with Crippen molar-refractivity contribution in [2.75, 3.05) is 19.7 Å². The van der Waals surface area contributed by atoms with Crippen LogP contribution in [0.25, 0.3) is 0 Å². The van der Waals surface area contributed by atoms with Gasteiger partial charge in [0.15, 0.2) is 0 Å². The summed E-state index contributed by atoms with van der Waals surface area (Å²) >= 11 is 0. The van der Waals surface area contributed by atoms with Crippen LogP contribution in [0.3, 0.4) is 0 Å². The predicted molar refractivity (Wildman–Crippen MR) is 85.8 cm³/mol. The van der Waals surface area contributed by atoms with E-state index in [4.69, 9.17) is 4.74 Å². The Labute approximate surface area is 131 Å². The highest BCUT2D eigenvalue weighted by atomic mass is 16.5. The minimum Gasteiger partial charge on any atom is -0.493 e. The number of nitrogens with zero attached hydrogens (tertiary/aromatic N) is 2. The zero-order valence-electron chi connectivity index (χ0n) is 12.7. The molecule has 1 aliphatic heterocycles. The minimum atomic E-state index is 0.196. The van der Waals surface area contributed by atoms with Crippen LogP contribution >= 0.6 is 0 Å². The molecule has 0 atom stereocenters. The van der Waals surface area contributed by atoms with Gasteiger partial charge in [-0.15, -0.1) is 0 Å². The lowest BCUT2D eigenvalue weighted by atomic mass is 10.0. The quantitative estimate of drug-likeness (QED) is 0.850. The van der Waals surface area contributed by atoms with Gasteiger partial charge in [-0.1, -0.05) is 18.2 Å². The Morgan fingerprint density at radius 3 is 2.41 bits per heavy atom. The molecule has 116 valence electrons. The zero-order chi connectivity index (χ0) is 15.2. The number of aromatic nitrogens is 1. The van der Waals surface area contributed by atoms with Crippen molar-refractivity contribution >= 4 is 5.91 Å². The molecule has 0 aliphatic carbocycles. The van der Waals surface area contributed by atoms with E-state index in [9.17, 15) is 4.79 Å². The van der Waals surface area contributed by atoms with E-state index in [2.05, 4.69) is 29.1 Å². The number of carbonyl (C=O) groups excluding carboxylic acids is 1. The van der Waals surface area contributed by atoms with E-state index in [-0.39, 0.29) is 5.91 Å². The topological polar surface area (TPSA) is 34.5 Å². The zero-order valence-corrected chi connectivity index (χ0v) is 12.7. The lowest BCUT2D eigenvalue weighted by Crippen LogP contribution is -2.39. The summed E-state index contributed by atoms with van der Waals surface area (Å²) in [6.45, 7) is 2.13. The van der Waals surface area contributed by atoms with Crippen LogP contribution < -0.4 is 4.74 Å². The molecule has 1 aromatic heterocycles. The van der Waals surface area contributed by atoms with Crippen LogP contribution in [0.15, 0.2) is 54.9 Å². The molecule has 0 radical (unpaired) electrons. The maximum Gasteiger partial charge on any atom is 0.225 e. The number of rotatable bonds is 5. The smallest absolute Gasteiger partial charge is 0.225 e. The van der Waals surface area contributed by atoms with Gasteiger partial charge in [-0.25, -0.2) is 0 Å². The van der Waals surface area contributed by atoms with Crippen LogP contribution in [-0.2, 0) is 4.79 Å². The Hall–Kier alpha value is -2.23. The van der Waals surface area contributed by atoms with Crippen molar-refractivity contribution < 1.29 is 9.53 Å². The average molecular weight is 298 g/mol. The Morgan fingerprint density at radius 2 is 1.73 bits per heavy atom. The predicted octanol–water partition coefficient (Wildman–Crippen LogP) is 3.12. The molecule has 2 heterocycles. The van der Waals surface area contributed by atoms with Gasteiger partial charge in [0.25, 0.3) is 0 Å². The molecular weight excluding hydrogens is 276 g/mol. The van der Waals surface area contributed by atoms with Crippen molar-refractivity contribution in [3.63, 3.8) is 0 Å². The summed E-state index contributed by atoms with van der Waals surface area (Å²) in [5.41, 5.74) is 0. The van der Waals surface area contributed by atoms with Crippen molar-refractivity contribution in [1.82, 2.24) is 9.47 Å². The van der Waals surface area contributed by atoms with E-state index in [1.165, 1.54) is 0 Å². The number of para-hydroxylation sites is 1. The van der Waals surface area contributed by atoms with E-state index >= 15 is 0 Å². The number of likely N-dealkylation sites (tertiary alicyclic amines) is 1. The van der Waals surface area contributed by atoms with Gasteiger partial charge in [0, 0.05) is 31.5 Å². The first-order valence-corrected chi connectivity index (χ1v) is 7.91. The molecule has 22 heavy (non-hydrogen) atoms. The number of benzene rings is 1. The molecule has 0 saturated carbocycles. The molecule has 4 nitrogen and oxygen atoms in total. The molecule has 1 aromatic carbocycles. The third-order valence-electron chi connectivity index (χ3n) is 4.19. The largest absolute Gasteiger partial charge is 0.493 e. The summed E-state index contributed by atoms with van der Waals surface area (Å²) in [5, 5.41) is 0. The molecule has 0 bridgehead atoms. The van der Waals surface area contributed by atoms with Crippen molar-refractivity contribution in [1.29, 1.82) is 0 Å². The number of hydrogen-bond donors (Lipinski definition) is 0. The molecule has 3 rings (SSSR count). The van der Waals surface area contributed by atoms with Gasteiger partial charge < -0.3 is 14.2 Å². The van der Waals surface area contributed by atoms with Crippen molar-refractivity contribution in [3.05, 3.63) is 54.9 Å². The minimum absolute atomic E-state index is 0.196. The summed E-state index contributed by atoms with van der Waals surface area (Å²) in [4.78, 5) is 14.2. The van der Waals surface area contributed by atoms with Gasteiger partial charge in [0.05, 0.1) is 13.0 Å². The standard InChI is InChI=1S/C18H22N2O2/c21-18(10-15-22-17-6-2-1-3-7-17)20-13-8-16(9-14-20)19-11-4-5-12-19/h1-7,11-12,16H,8-10,13-15H2. The molecule has 1 fully saturated rings. The first-order valence-electron chi connectivity index (χ1n) is 7.91. The second-order valence-electron chi connectivity index (χ2n) is 5.65. The molecule has 0 N–H and O–H groups in total. The fourth-order valence-corrected chi connectivity index (χ4v) is 2.94. The van der Waals surface area contributed by atoms with E-state index in [0.29, 0.717) is 19.1 Å². The van der Waals surface area contributed by atoms with Crippen molar-refractivity contribution in [3.8, 4) is 5.75 Å². The Bertz CT molecular complexity index is 572. The summed E-state index contributed by atoms with van der Waals surface area (Å²) < 4.78 is 7.85. The third-order valence-corrected chi connectivity index (χ3v) is 4.19. The van der Waals surface area contributed by atoms with Crippen LogP contribution in [0.2, 0.25) is 0 Å². The Morgan fingerprint density at radius 1 is 1.05 bits per heavy atom. The molecule has 0 unspecified atom stereocenters. The maximum atomic E-state index is 12.2. The highest BCUT2D eigenvalue weighted by Crippen LogP contribution is 2.22. The molecular formula is C18H22N2O2.